The Morgan fingerprint density at radius 1 is 0.931 bits per heavy atom. The molecule has 2 heterocycles. The molecule has 0 radical (unpaired) electrons. The van der Waals surface area contributed by atoms with E-state index in [1.807, 2.05) is 48.5 Å². The maximum atomic E-state index is 13.3. The molecule has 142 valence electrons. The van der Waals surface area contributed by atoms with Gasteiger partial charge in [0.2, 0.25) is 5.95 Å². The van der Waals surface area contributed by atoms with E-state index in [0.717, 1.165) is 16.7 Å². The molecule has 0 saturated heterocycles. The summed E-state index contributed by atoms with van der Waals surface area (Å²) in [6.45, 7) is 1.08. The molecule has 0 fully saturated rings. The van der Waals surface area contributed by atoms with Crippen LogP contribution in [-0.2, 0) is 13.1 Å². The largest absolute Gasteiger partial charge is 0.507 e. The summed E-state index contributed by atoms with van der Waals surface area (Å²) in [5.74, 6) is 0.0497. The van der Waals surface area contributed by atoms with Crippen LogP contribution in [0.1, 0.15) is 21.6 Å². The Bertz CT molecular complexity index is 1240. The van der Waals surface area contributed by atoms with Gasteiger partial charge in [0.25, 0.3) is 5.91 Å². The van der Waals surface area contributed by atoms with Gasteiger partial charge in [0.15, 0.2) is 0 Å². The molecule has 5 rings (SSSR count). The topological polar surface area (TPSA) is 92.3 Å². The molecule has 0 saturated carbocycles. The van der Waals surface area contributed by atoms with Crippen molar-refractivity contribution in [1.29, 1.82) is 0 Å². The molecule has 1 aromatic heterocycles. The fraction of sp³-hybridized carbons (Fsp3) is 0.0870. The van der Waals surface area contributed by atoms with Gasteiger partial charge in [-0.2, -0.15) is 0 Å². The van der Waals surface area contributed by atoms with E-state index in [1.165, 1.54) is 0 Å². The number of nitrogen functional groups attached to an aromatic ring is 1. The van der Waals surface area contributed by atoms with Crippen LogP contribution in [0, 0.1) is 0 Å². The fourth-order valence-corrected chi connectivity index (χ4v) is 3.82. The minimum atomic E-state index is -0.185. The molecule has 6 nitrogen and oxygen atoms in total. The first kappa shape index (κ1) is 17.2. The van der Waals surface area contributed by atoms with E-state index < -0.39 is 0 Å². The molecule has 0 bridgehead atoms. The van der Waals surface area contributed by atoms with Gasteiger partial charge in [-0.3, -0.25) is 4.79 Å². The number of para-hydroxylation sites is 1. The number of rotatable bonds is 2. The maximum Gasteiger partial charge on any atom is 0.273 e. The van der Waals surface area contributed by atoms with Crippen LogP contribution in [0.5, 0.6) is 5.75 Å². The molecule has 1 amide bonds. The van der Waals surface area contributed by atoms with Gasteiger partial charge in [-0.1, -0.05) is 48.5 Å². The monoisotopic (exact) mass is 382 g/mol. The predicted octanol–water partition coefficient (Wildman–Crippen LogP) is 3.74. The molecule has 6 heteroatoms. The van der Waals surface area contributed by atoms with Gasteiger partial charge in [0, 0.05) is 24.0 Å². The molecule has 29 heavy (non-hydrogen) atoms. The highest BCUT2D eigenvalue weighted by atomic mass is 16.3. The van der Waals surface area contributed by atoms with E-state index in [9.17, 15) is 9.90 Å². The predicted molar refractivity (Wildman–Crippen MR) is 111 cm³/mol. The van der Waals surface area contributed by atoms with Crippen molar-refractivity contribution >= 4 is 22.8 Å². The number of phenols is 1. The molecule has 0 aliphatic carbocycles. The summed E-state index contributed by atoms with van der Waals surface area (Å²) in [5, 5.41) is 10.8. The van der Waals surface area contributed by atoms with Gasteiger partial charge in [0.05, 0.1) is 5.52 Å². The maximum absolute atomic E-state index is 13.3. The van der Waals surface area contributed by atoms with Crippen molar-refractivity contribution < 1.29 is 9.90 Å². The lowest BCUT2D eigenvalue weighted by atomic mass is 10.0. The number of anilines is 1. The molecule has 1 aliphatic rings. The Balaban J connectivity index is 1.61. The van der Waals surface area contributed by atoms with Crippen LogP contribution < -0.4 is 5.73 Å². The zero-order valence-electron chi connectivity index (χ0n) is 15.5. The van der Waals surface area contributed by atoms with E-state index in [4.69, 9.17) is 5.73 Å². The number of phenolic OH excluding ortho intramolecular Hbond substituents is 1. The van der Waals surface area contributed by atoms with Gasteiger partial charge in [-0.05, 0) is 34.9 Å². The van der Waals surface area contributed by atoms with Crippen LogP contribution in [-0.4, -0.2) is 25.9 Å². The summed E-state index contributed by atoms with van der Waals surface area (Å²) in [6, 6.07) is 20.6. The standard InChI is InChI=1S/C23H18N4O2/c24-23-25-19-10-9-14(17-7-3-4-8-20(17)28)11-18(19)21(26-23)22(29)27-12-15-5-1-2-6-16(15)13-27/h1-11,28H,12-13H2,(H2,24,25,26). The Kier molecular flexibility index (Phi) is 3.91. The number of aromatic hydroxyl groups is 1. The average Bonchev–Trinajstić information content (AvgIpc) is 3.17. The van der Waals surface area contributed by atoms with Crippen LogP contribution in [0.3, 0.4) is 0 Å². The smallest absolute Gasteiger partial charge is 0.273 e. The van der Waals surface area contributed by atoms with Crippen LogP contribution in [0.15, 0.2) is 66.7 Å². The Labute approximate surface area is 167 Å². The SMILES string of the molecule is Nc1nc(C(=O)N2Cc3ccccc3C2)c2cc(-c3ccccc3O)ccc2n1. The number of benzene rings is 3. The first-order valence-electron chi connectivity index (χ1n) is 9.32. The number of hydrogen-bond acceptors (Lipinski definition) is 5. The van der Waals surface area contributed by atoms with Gasteiger partial charge >= 0.3 is 0 Å². The normalized spacial score (nSPS) is 12.9. The summed E-state index contributed by atoms with van der Waals surface area (Å²) >= 11 is 0. The first-order chi connectivity index (χ1) is 14.1. The number of fused-ring (bicyclic) bond motifs is 2. The Morgan fingerprint density at radius 2 is 1.62 bits per heavy atom. The number of nitrogens with zero attached hydrogens (tertiary/aromatic N) is 3. The third kappa shape index (κ3) is 2.95. The molecule has 0 unspecified atom stereocenters. The second-order valence-electron chi connectivity index (χ2n) is 7.11. The third-order valence-corrected chi connectivity index (χ3v) is 5.26. The van der Waals surface area contributed by atoms with E-state index in [0.29, 0.717) is 29.6 Å². The molecule has 0 spiro atoms. The van der Waals surface area contributed by atoms with E-state index in [2.05, 4.69) is 9.97 Å². The summed E-state index contributed by atoms with van der Waals surface area (Å²) < 4.78 is 0. The van der Waals surface area contributed by atoms with Crippen molar-refractivity contribution in [1.82, 2.24) is 14.9 Å². The van der Waals surface area contributed by atoms with Crippen molar-refractivity contribution in [2.75, 3.05) is 5.73 Å². The number of nitrogens with two attached hydrogens (primary N) is 1. The van der Waals surface area contributed by atoms with Gasteiger partial charge in [-0.25, -0.2) is 9.97 Å². The number of carbonyl (C=O) groups is 1. The van der Waals surface area contributed by atoms with E-state index in [-0.39, 0.29) is 23.3 Å². The van der Waals surface area contributed by atoms with Crippen molar-refractivity contribution in [3.63, 3.8) is 0 Å². The summed E-state index contributed by atoms with van der Waals surface area (Å²) in [6.07, 6.45) is 0. The summed E-state index contributed by atoms with van der Waals surface area (Å²) in [7, 11) is 0. The number of carbonyl (C=O) groups excluding carboxylic acids is 1. The molecular formula is C23H18N4O2. The highest BCUT2D eigenvalue weighted by Gasteiger charge is 2.27. The van der Waals surface area contributed by atoms with Gasteiger partial charge < -0.3 is 15.7 Å². The highest BCUT2D eigenvalue weighted by molar-refractivity contribution is 6.06. The Hall–Kier alpha value is -3.93. The zero-order valence-corrected chi connectivity index (χ0v) is 15.5. The second kappa shape index (κ2) is 6.60. The van der Waals surface area contributed by atoms with Crippen molar-refractivity contribution in [3.05, 3.63) is 83.6 Å². The van der Waals surface area contributed by atoms with Crippen molar-refractivity contribution in [2.45, 2.75) is 13.1 Å². The fourth-order valence-electron chi connectivity index (χ4n) is 3.82. The second-order valence-corrected chi connectivity index (χ2v) is 7.11. The molecule has 3 N–H and O–H groups in total. The highest BCUT2D eigenvalue weighted by Crippen LogP contribution is 2.32. The van der Waals surface area contributed by atoms with Crippen LogP contribution in [0.2, 0.25) is 0 Å². The Morgan fingerprint density at radius 3 is 2.34 bits per heavy atom. The third-order valence-electron chi connectivity index (χ3n) is 5.26. The quantitative estimate of drug-likeness (QED) is 0.551. The minimum absolute atomic E-state index is 0.0628. The lowest BCUT2D eigenvalue weighted by Gasteiger charge is -2.16. The van der Waals surface area contributed by atoms with Crippen LogP contribution in [0.25, 0.3) is 22.0 Å². The molecule has 1 aliphatic heterocycles. The summed E-state index contributed by atoms with van der Waals surface area (Å²) in [4.78, 5) is 23.6. The van der Waals surface area contributed by atoms with Gasteiger partial charge in [0.1, 0.15) is 11.4 Å². The van der Waals surface area contributed by atoms with Crippen LogP contribution in [0.4, 0.5) is 5.95 Å². The molecule has 0 atom stereocenters. The lowest BCUT2D eigenvalue weighted by molar-refractivity contribution is 0.0747. The molecular weight excluding hydrogens is 364 g/mol. The van der Waals surface area contributed by atoms with Crippen LogP contribution >= 0.6 is 0 Å². The summed E-state index contributed by atoms with van der Waals surface area (Å²) in [5.41, 5.74) is 10.5. The first-order valence-corrected chi connectivity index (χ1v) is 9.32. The van der Waals surface area contributed by atoms with Crippen molar-refractivity contribution in [2.24, 2.45) is 0 Å². The van der Waals surface area contributed by atoms with E-state index in [1.54, 1.807) is 23.1 Å². The number of hydrogen-bond donors (Lipinski definition) is 2. The minimum Gasteiger partial charge on any atom is -0.507 e. The zero-order chi connectivity index (χ0) is 20.0. The molecule has 3 aromatic carbocycles. The molecule has 4 aromatic rings. The average molecular weight is 382 g/mol. The van der Waals surface area contributed by atoms with E-state index >= 15 is 0 Å². The van der Waals surface area contributed by atoms with Crippen molar-refractivity contribution in [3.8, 4) is 16.9 Å². The number of aromatic nitrogens is 2. The lowest BCUT2D eigenvalue weighted by Crippen LogP contribution is -2.27. The van der Waals surface area contributed by atoms with Gasteiger partial charge in [-0.15, -0.1) is 0 Å². The number of amides is 1.